The highest BCUT2D eigenvalue weighted by Crippen LogP contribution is 2.25. The second-order valence-electron chi connectivity index (χ2n) is 6.71. The number of carboxylic acids is 1. The van der Waals surface area contributed by atoms with Crippen molar-refractivity contribution >= 4 is 58.4 Å². The van der Waals surface area contributed by atoms with Gasteiger partial charge in [-0.2, -0.15) is 0 Å². The third-order valence-electron chi connectivity index (χ3n) is 4.45. The van der Waals surface area contributed by atoms with Crippen molar-refractivity contribution < 1.29 is 19.5 Å². The minimum atomic E-state index is -1.40. The molecule has 2 aromatic carbocycles. The Morgan fingerprint density at radius 2 is 1.64 bits per heavy atom. The number of hydrogen-bond acceptors (Lipinski definition) is 5. The fraction of sp³-hybridized carbons (Fsp3) is 0.0952. The van der Waals surface area contributed by atoms with Gasteiger partial charge in [-0.3, -0.25) is 14.6 Å². The first kappa shape index (κ1) is 24.2. The van der Waals surface area contributed by atoms with Crippen LogP contribution in [0, 0.1) is 0 Å². The lowest BCUT2D eigenvalue weighted by atomic mass is 10.1. The fourth-order valence-electron chi connectivity index (χ4n) is 2.84. The first-order valence-electron chi connectivity index (χ1n) is 9.28. The molecule has 0 aliphatic carbocycles. The van der Waals surface area contributed by atoms with E-state index in [2.05, 4.69) is 20.6 Å². The molecule has 0 aliphatic heterocycles. The van der Waals surface area contributed by atoms with Gasteiger partial charge in [-0.15, -0.1) is 0 Å². The number of carbonyl (C=O) groups is 3. The van der Waals surface area contributed by atoms with E-state index < -0.39 is 29.5 Å². The van der Waals surface area contributed by atoms with Crippen molar-refractivity contribution in [2.45, 2.75) is 12.5 Å². The summed E-state index contributed by atoms with van der Waals surface area (Å²) < 4.78 is 0. The lowest BCUT2D eigenvalue weighted by Gasteiger charge is -2.17. The van der Waals surface area contributed by atoms with Gasteiger partial charge in [0.05, 0.1) is 15.6 Å². The highest BCUT2D eigenvalue weighted by atomic mass is 35.5. The molecule has 0 fully saturated rings. The zero-order valence-electron chi connectivity index (χ0n) is 16.6. The maximum Gasteiger partial charge on any atom is 0.346 e. The number of nitrogens with one attached hydrogen (secondary N) is 3. The van der Waals surface area contributed by atoms with E-state index in [0.717, 1.165) is 6.20 Å². The zero-order valence-corrected chi connectivity index (χ0v) is 18.8. The lowest BCUT2D eigenvalue weighted by Crippen LogP contribution is -2.42. The molecule has 0 bridgehead atoms. The number of H-pyrrole nitrogens is 1. The van der Waals surface area contributed by atoms with Gasteiger partial charge in [0.1, 0.15) is 11.9 Å². The number of nitrogens with zero attached hydrogens (tertiary/aromatic N) is 1. The Balaban J connectivity index is 1.85. The number of halogens is 3. The number of aromatic nitrogens is 2. The van der Waals surface area contributed by atoms with Gasteiger partial charge in [0.25, 0.3) is 11.8 Å². The van der Waals surface area contributed by atoms with Crippen molar-refractivity contribution in [2.75, 3.05) is 5.32 Å². The molecule has 4 N–H and O–H groups in total. The van der Waals surface area contributed by atoms with Crippen LogP contribution in [0.4, 0.5) is 5.82 Å². The summed E-state index contributed by atoms with van der Waals surface area (Å²) in [6.07, 6.45) is 0.803. The van der Waals surface area contributed by atoms with Crippen LogP contribution in [-0.4, -0.2) is 38.9 Å². The van der Waals surface area contributed by atoms with Crippen molar-refractivity contribution in [1.82, 2.24) is 15.3 Å². The number of aliphatic carboxylic acids is 1. The summed E-state index contributed by atoms with van der Waals surface area (Å²) in [6.45, 7) is 0. The summed E-state index contributed by atoms with van der Waals surface area (Å²) >= 11 is 17.9. The van der Waals surface area contributed by atoms with Crippen LogP contribution in [0.3, 0.4) is 0 Å². The molecular formula is C21H15Cl3N4O5. The van der Waals surface area contributed by atoms with Crippen molar-refractivity contribution in [2.24, 2.45) is 0 Å². The molecule has 3 aromatic rings. The highest BCUT2D eigenvalue weighted by molar-refractivity contribution is 6.40. The summed E-state index contributed by atoms with van der Waals surface area (Å²) in [4.78, 5) is 54.6. The number of carbonyl (C=O) groups excluding carboxylic acids is 2. The van der Waals surface area contributed by atoms with Gasteiger partial charge in [-0.1, -0.05) is 40.9 Å². The minimum absolute atomic E-state index is 0.0322. The number of anilines is 1. The number of amides is 2. The van der Waals surface area contributed by atoms with Crippen LogP contribution in [0.1, 0.15) is 26.3 Å². The Bertz CT molecular complexity index is 1260. The van der Waals surface area contributed by atoms with Gasteiger partial charge in [0.2, 0.25) is 0 Å². The highest BCUT2D eigenvalue weighted by Gasteiger charge is 2.24. The maximum absolute atomic E-state index is 12.7. The molecule has 1 heterocycles. The Kier molecular flexibility index (Phi) is 7.70. The predicted molar refractivity (Wildman–Crippen MR) is 123 cm³/mol. The van der Waals surface area contributed by atoms with E-state index >= 15 is 0 Å². The van der Waals surface area contributed by atoms with Crippen LogP contribution in [0.5, 0.6) is 0 Å². The van der Waals surface area contributed by atoms with Crippen LogP contribution >= 0.6 is 34.8 Å². The molecule has 1 atom stereocenters. The van der Waals surface area contributed by atoms with E-state index in [4.69, 9.17) is 34.8 Å². The molecule has 0 aliphatic rings. The average molecular weight is 510 g/mol. The standard InChI is InChI=1S/C21H15Cl3N4O5/c22-12-6-4-10(5-7-12)18(29)26-15(20(31)32)8-11-9-25-21(33)28-17(11)27-19(30)16-13(23)2-1-3-14(16)24/h1-7,9,15H,8H2,(H,26,29)(H,31,32)(H2,25,27,28,30,33). The van der Waals surface area contributed by atoms with E-state index in [-0.39, 0.29) is 39.0 Å². The maximum atomic E-state index is 12.7. The van der Waals surface area contributed by atoms with E-state index in [0.29, 0.717) is 5.02 Å². The topological polar surface area (TPSA) is 141 Å². The van der Waals surface area contributed by atoms with Crippen molar-refractivity contribution in [3.8, 4) is 0 Å². The summed E-state index contributed by atoms with van der Waals surface area (Å²) in [7, 11) is 0. The SMILES string of the molecule is O=C(NC(Cc1cnc(=O)[nH]c1NC(=O)c1c(Cl)cccc1Cl)C(=O)O)c1ccc(Cl)cc1. The molecule has 1 aromatic heterocycles. The number of hydrogen-bond donors (Lipinski definition) is 4. The second kappa shape index (κ2) is 10.5. The summed E-state index contributed by atoms with van der Waals surface area (Å²) in [5, 5.41) is 15.0. The summed E-state index contributed by atoms with van der Waals surface area (Å²) in [6, 6.07) is 8.95. The van der Waals surface area contributed by atoms with Gasteiger partial charge in [-0.25, -0.2) is 14.6 Å². The average Bonchev–Trinajstić information content (AvgIpc) is 2.75. The monoisotopic (exact) mass is 508 g/mol. The zero-order chi connectivity index (χ0) is 24.1. The third-order valence-corrected chi connectivity index (χ3v) is 5.33. The lowest BCUT2D eigenvalue weighted by molar-refractivity contribution is -0.139. The van der Waals surface area contributed by atoms with Gasteiger partial charge < -0.3 is 15.7 Å². The first-order chi connectivity index (χ1) is 15.7. The minimum Gasteiger partial charge on any atom is -0.480 e. The Morgan fingerprint density at radius 3 is 2.24 bits per heavy atom. The molecule has 2 amide bonds. The largest absolute Gasteiger partial charge is 0.480 e. The molecule has 0 radical (unpaired) electrons. The summed E-state index contributed by atoms with van der Waals surface area (Å²) in [5.74, 6) is -2.83. The van der Waals surface area contributed by atoms with E-state index in [1.54, 1.807) is 6.07 Å². The molecule has 1 unspecified atom stereocenters. The molecular weight excluding hydrogens is 495 g/mol. The molecule has 9 nitrogen and oxygen atoms in total. The van der Waals surface area contributed by atoms with Crippen molar-refractivity contribution in [1.29, 1.82) is 0 Å². The van der Waals surface area contributed by atoms with Crippen LogP contribution in [0.15, 0.2) is 53.5 Å². The Morgan fingerprint density at radius 1 is 1.00 bits per heavy atom. The normalized spacial score (nSPS) is 11.5. The third kappa shape index (κ3) is 6.10. The van der Waals surface area contributed by atoms with E-state index in [9.17, 15) is 24.3 Å². The molecule has 33 heavy (non-hydrogen) atoms. The molecule has 0 saturated carbocycles. The predicted octanol–water partition coefficient (Wildman–Crippen LogP) is 3.41. The van der Waals surface area contributed by atoms with Crippen LogP contribution in [0.2, 0.25) is 15.1 Å². The van der Waals surface area contributed by atoms with Gasteiger partial charge in [0, 0.05) is 28.8 Å². The molecule has 12 heteroatoms. The molecule has 0 saturated heterocycles. The van der Waals surface area contributed by atoms with Crippen LogP contribution in [-0.2, 0) is 11.2 Å². The number of benzene rings is 2. The molecule has 3 rings (SSSR count). The Hall–Kier alpha value is -3.40. The van der Waals surface area contributed by atoms with Crippen LogP contribution < -0.4 is 16.3 Å². The van der Waals surface area contributed by atoms with Crippen molar-refractivity contribution in [3.63, 3.8) is 0 Å². The number of rotatable bonds is 7. The second-order valence-corrected chi connectivity index (χ2v) is 7.97. The number of carboxylic acid groups (broad SMARTS) is 1. The summed E-state index contributed by atoms with van der Waals surface area (Å²) in [5.41, 5.74) is -0.464. The van der Waals surface area contributed by atoms with E-state index in [1.165, 1.54) is 36.4 Å². The quantitative estimate of drug-likeness (QED) is 0.385. The number of aromatic amines is 1. The van der Waals surface area contributed by atoms with Gasteiger partial charge >= 0.3 is 11.7 Å². The smallest absolute Gasteiger partial charge is 0.346 e. The van der Waals surface area contributed by atoms with Gasteiger partial charge in [0.15, 0.2) is 0 Å². The van der Waals surface area contributed by atoms with Crippen LogP contribution in [0.25, 0.3) is 0 Å². The molecule has 0 spiro atoms. The molecule has 170 valence electrons. The fourth-order valence-corrected chi connectivity index (χ4v) is 3.54. The van der Waals surface area contributed by atoms with Gasteiger partial charge in [-0.05, 0) is 36.4 Å². The Labute approximate surface area is 201 Å². The van der Waals surface area contributed by atoms with Crippen molar-refractivity contribution in [3.05, 3.63) is 90.9 Å². The first-order valence-corrected chi connectivity index (χ1v) is 10.4. The van der Waals surface area contributed by atoms with E-state index in [1.807, 2.05) is 0 Å².